The Labute approximate surface area is 184 Å². The SMILES string of the molecule is Cc1cccc(N2CCN(C(=O)C3C[C@H]4CCC[C@@H](C3)C43SCCS3)CC2)c1C. The predicted molar refractivity (Wildman–Crippen MR) is 126 cm³/mol. The highest BCUT2D eigenvalue weighted by atomic mass is 32.2. The van der Waals surface area contributed by atoms with Gasteiger partial charge in [0.05, 0.1) is 4.08 Å². The third-order valence-electron chi connectivity index (χ3n) is 7.98. The second-order valence-electron chi connectivity index (χ2n) is 9.44. The van der Waals surface area contributed by atoms with E-state index in [4.69, 9.17) is 0 Å². The number of amides is 1. The normalized spacial score (nSPS) is 31.3. The van der Waals surface area contributed by atoms with Gasteiger partial charge in [-0.3, -0.25) is 4.79 Å². The molecule has 3 nitrogen and oxygen atoms in total. The van der Waals surface area contributed by atoms with Gasteiger partial charge in [-0.1, -0.05) is 18.6 Å². The molecular formula is C24H34N2OS2. The maximum Gasteiger partial charge on any atom is 0.225 e. The van der Waals surface area contributed by atoms with Crippen molar-refractivity contribution in [2.45, 2.75) is 50.0 Å². The van der Waals surface area contributed by atoms with Crippen molar-refractivity contribution in [3.8, 4) is 0 Å². The molecule has 5 rings (SSSR count). The second kappa shape index (κ2) is 8.03. The molecule has 2 saturated heterocycles. The van der Waals surface area contributed by atoms with Crippen molar-refractivity contribution in [2.75, 3.05) is 42.6 Å². The molecule has 0 N–H and O–H groups in total. The first-order chi connectivity index (χ1) is 14.1. The number of anilines is 1. The summed E-state index contributed by atoms with van der Waals surface area (Å²) in [6.45, 7) is 8.10. The van der Waals surface area contributed by atoms with Crippen molar-refractivity contribution in [1.29, 1.82) is 0 Å². The van der Waals surface area contributed by atoms with E-state index in [0.29, 0.717) is 9.99 Å². The van der Waals surface area contributed by atoms with Gasteiger partial charge in [-0.25, -0.2) is 0 Å². The number of benzene rings is 1. The number of aryl methyl sites for hydroxylation is 1. The number of carbonyl (C=O) groups excluding carboxylic acids is 1. The van der Waals surface area contributed by atoms with Gasteiger partial charge in [0.25, 0.3) is 0 Å². The molecule has 0 aromatic heterocycles. The molecule has 2 heterocycles. The van der Waals surface area contributed by atoms with E-state index in [1.807, 2.05) is 0 Å². The number of thioether (sulfide) groups is 2. The molecule has 2 saturated carbocycles. The van der Waals surface area contributed by atoms with Crippen LogP contribution in [0.4, 0.5) is 5.69 Å². The molecule has 5 heteroatoms. The van der Waals surface area contributed by atoms with Gasteiger partial charge in [0, 0.05) is 49.3 Å². The molecule has 4 fully saturated rings. The lowest BCUT2D eigenvalue weighted by Crippen LogP contribution is -2.54. The van der Waals surface area contributed by atoms with Gasteiger partial charge in [0.2, 0.25) is 5.91 Å². The maximum atomic E-state index is 13.4. The topological polar surface area (TPSA) is 23.6 Å². The van der Waals surface area contributed by atoms with Crippen molar-refractivity contribution in [3.63, 3.8) is 0 Å². The van der Waals surface area contributed by atoms with E-state index in [0.717, 1.165) is 50.9 Å². The molecule has 2 aliphatic carbocycles. The smallest absolute Gasteiger partial charge is 0.225 e. The number of rotatable bonds is 2. The van der Waals surface area contributed by atoms with Gasteiger partial charge in [0.1, 0.15) is 0 Å². The monoisotopic (exact) mass is 430 g/mol. The molecule has 0 radical (unpaired) electrons. The lowest BCUT2D eigenvalue weighted by Gasteiger charge is -2.52. The minimum absolute atomic E-state index is 0.282. The van der Waals surface area contributed by atoms with E-state index >= 15 is 0 Å². The minimum atomic E-state index is 0.282. The highest BCUT2D eigenvalue weighted by Gasteiger charge is 2.55. The van der Waals surface area contributed by atoms with Gasteiger partial charge >= 0.3 is 0 Å². The van der Waals surface area contributed by atoms with Crippen molar-refractivity contribution in [1.82, 2.24) is 4.90 Å². The van der Waals surface area contributed by atoms with E-state index in [1.54, 1.807) is 0 Å². The zero-order valence-corrected chi connectivity index (χ0v) is 19.5. The molecule has 29 heavy (non-hydrogen) atoms. The lowest BCUT2D eigenvalue weighted by molar-refractivity contribution is -0.138. The highest BCUT2D eigenvalue weighted by Crippen LogP contribution is 2.64. The Kier molecular flexibility index (Phi) is 5.57. The van der Waals surface area contributed by atoms with Crippen LogP contribution in [0.25, 0.3) is 0 Å². The van der Waals surface area contributed by atoms with Crippen LogP contribution >= 0.6 is 23.5 Å². The summed E-state index contributed by atoms with van der Waals surface area (Å²) in [4.78, 5) is 18.1. The van der Waals surface area contributed by atoms with Gasteiger partial charge in [-0.15, -0.1) is 23.5 Å². The van der Waals surface area contributed by atoms with Crippen LogP contribution in [0.15, 0.2) is 18.2 Å². The molecule has 1 spiro atoms. The average molecular weight is 431 g/mol. The highest BCUT2D eigenvalue weighted by molar-refractivity contribution is 8.21. The standard InChI is InChI=1S/C24H34N2OS2/c1-17-5-3-8-22(18(17)2)25-9-11-26(12-10-25)23(27)19-15-20-6-4-7-21(16-19)24(20)28-13-14-29-24/h3,5,8,19-21H,4,6-7,9-16H2,1-2H3/t19?,20-,21+. The molecule has 1 aromatic rings. The first-order valence-electron chi connectivity index (χ1n) is 11.5. The first kappa shape index (κ1) is 20.1. The summed E-state index contributed by atoms with van der Waals surface area (Å²) in [5.74, 6) is 4.90. The van der Waals surface area contributed by atoms with Crippen molar-refractivity contribution in [3.05, 3.63) is 29.3 Å². The van der Waals surface area contributed by atoms with Gasteiger partial charge in [0.15, 0.2) is 0 Å². The molecule has 4 aliphatic rings. The quantitative estimate of drug-likeness (QED) is 0.662. The summed E-state index contributed by atoms with van der Waals surface area (Å²) in [6, 6.07) is 6.58. The Morgan fingerprint density at radius 3 is 2.31 bits per heavy atom. The maximum absolute atomic E-state index is 13.4. The number of carbonyl (C=O) groups is 1. The molecule has 1 amide bonds. The molecule has 1 unspecified atom stereocenters. The summed E-state index contributed by atoms with van der Waals surface area (Å²) < 4.78 is 0.469. The van der Waals surface area contributed by atoms with Gasteiger partial charge in [-0.05, 0) is 68.6 Å². The van der Waals surface area contributed by atoms with Crippen LogP contribution < -0.4 is 4.90 Å². The summed E-state index contributed by atoms with van der Waals surface area (Å²) in [6.07, 6.45) is 6.37. The molecule has 3 atom stereocenters. The van der Waals surface area contributed by atoms with Gasteiger partial charge in [-0.2, -0.15) is 0 Å². The molecule has 2 bridgehead atoms. The number of piperazine rings is 1. The largest absolute Gasteiger partial charge is 0.368 e. The summed E-state index contributed by atoms with van der Waals surface area (Å²) in [5.41, 5.74) is 4.08. The van der Waals surface area contributed by atoms with Crippen LogP contribution in [-0.4, -0.2) is 52.6 Å². The Morgan fingerprint density at radius 2 is 1.66 bits per heavy atom. The van der Waals surface area contributed by atoms with Crippen molar-refractivity contribution >= 4 is 35.1 Å². The Balaban J connectivity index is 1.23. The van der Waals surface area contributed by atoms with E-state index in [9.17, 15) is 4.79 Å². The van der Waals surface area contributed by atoms with E-state index in [1.165, 1.54) is 47.6 Å². The third-order valence-corrected chi connectivity index (χ3v) is 12.0. The van der Waals surface area contributed by atoms with Crippen LogP contribution in [0.1, 0.15) is 43.2 Å². The van der Waals surface area contributed by atoms with Crippen LogP contribution in [0.3, 0.4) is 0 Å². The predicted octanol–water partition coefficient (Wildman–Crippen LogP) is 4.95. The Morgan fingerprint density at radius 1 is 1.00 bits per heavy atom. The fourth-order valence-electron chi connectivity index (χ4n) is 6.31. The zero-order valence-electron chi connectivity index (χ0n) is 17.9. The second-order valence-corrected chi connectivity index (χ2v) is 12.4. The van der Waals surface area contributed by atoms with E-state index in [-0.39, 0.29) is 5.92 Å². The molecule has 1 aromatic carbocycles. The Bertz CT molecular complexity index is 752. The summed E-state index contributed by atoms with van der Waals surface area (Å²) in [7, 11) is 0. The van der Waals surface area contributed by atoms with Crippen LogP contribution in [0.2, 0.25) is 0 Å². The average Bonchev–Trinajstić information content (AvgIpc) is 3.19. The van der Waals surface area contributed by atoms with Crippen LogP contribution in [0, 0.1) is 31.6 Å². The first-order valence-corrected chi connectivity index (χ1v) is 13.4. The molecule has 2 aliphatic heterocycles. The van der Waals surface area contributed by atoms with E-state index in [2.05, 4.69) is 65.4 Å². The minimum Gasteiger partial charge on any atom is -0.368 e. The summed E-state index contributed by atoms with van der Waals surface area (Å²) in [5, 5.41) is 0. The zero-order chi connectivity index (χ0) is 20.0. The molecule has 158 valence electrons. The van der Waals surface area contributed by atoms with E-state index < -0.39 is 0 Å². The van der Waals surface area contributed by atoms with Gasteiger partial charge < -0.3 is 9.80 Å². The fourth-order valence-corrected chi connectivity index (χ4v) is 10.3. The van der Waals surface area contributed by atoms with Crippen molar-refractivity contribution < 1.29 is 4.79 Å². The number of hydrogen-bond acceptors (Lipinski definition) is 4. The summed E-state index contributed by atoms with van der Waals surface area (Å²) >= 11 is 4.48. The van der Waals surface area contributed by atoms with Crippen LogP contribution in [0.5, 0.6) is 0 Å². The third kappa shape index (κ3) is 3.50. The number of hydrogen-bond donors (Lipinski definition) is 0. The lowest BCUT2D eigenvalue weighted by atomic mass is 9.66. The van der Waals surface area contributed by atoms with Crippen molar-refractivity contribution in [2.24, 2.45) is 17.8 Å². The Hall–Kier alpha value is -0.810. The molecular weight excluding hydrogens is 396 g/mol. The fraction of sp³-hybridized carbons (Fsp3) is 0.708. The van der Waals surface area contributed by atoms with Crippen LogP contribution in [-0.2, 0) is 4.79 Å². The number of nitrogens with zero attached hydrogens (tertiary/aromatic N) is 2.